The highest BCUT2D eigenvalue weighted by molar-refractivity contribution is 5.75. The monoisotopic (exact) mass is 285 g/mol. The average molecular weight is 285 g/mol. The van der Waals surface area contributed by atoms with Crippen LogP contribution in [0, 0.1) is 0 Å². The minimum atomic E-state index is 0.170. The Hall–Kier alpha value is -0.570. The molecule has 0 aromatic heterocycles. The lowest BCUT2D eigenvalue weighted by molar-refractivity contribution is -0.120. The van der Waals surface area contributed by atoms with Gasteiger partial charge in [0, 0.05) is 20.1 Å². The highest BCUT2D eigenvalue weighted by atomic mass is 16.2. The molecule has 2 N–H and O–H groups in total. The van der Waals surface area contributed by atoms with Crippen molar-refractivity contribution in [2.45, 2.75) is 89.9 Å². The van der Waals surface area contributed by atoms with Gasteiger partial charge in [0.2, 0.25) is 5.91 Å². The quantitative estimate of drug-likeness (QED) is 0.443. The Balaban J connectivity index is 2.97. The predicted octanol–water partition coefficient (Wildman–Crippen LogP) is 4.19. The molecule has 20 heavy (non-hydrogen) atoms. The van der Waals surface area contributed by atoms with Crippen LogP contribution in [-0.4, -0.2) is 24.7 Å². The number of amides is 1. The van der Waals surface area contributed by atoms with Crippen molar-refractivity contribution >= 4 is 5.91 Å². The molecule has 0 aromatic carbocycles. The highest BCUT2D eigenvalue weighted by Gasteiger charge is 1.97. The molecular formula is C17H35NO2. The van der Waals surface area contributed by atoms with Crippen molar-refractivity contribution < 1.29 is 9.90 Å². The molecule has 0 saturated heterocycles. The van der Waals surface area contributed by atoms with E-state index in [1.165, 1.54) is 70.6 Å². The number of hydrogen-bond donors (Lipinski definition) is 2. The molecule has 3 heteroatoms. The molecule has 0 heterocycles. The van der Waals surface area contributed by atoms with Crippen LogP contribution in [0.2, 0.25) is 0 Å². The normalized spacial score (nSPS) is 10.7. The smallest absolute Gasteiger partial charge is 0.219 e. The zero-order chi connectivity index (χ0) is 14.9. The summed E-state index contributed by atoms with van der Waals surface area (Å²) in [4.78, 5) is 11.0. The van der Waals surface area contributed by atoms with Crippen LogP contribution in [0.4, 0.5) is 0 Å². The van der Waals surface area contributed by atoms with E-state index in [1.807, 2.05) is 0 Å². The van der Waals surface area contributed by atoms with Crippen LogP contribution in [0.3, 0.4) is 0 Å². The molecular weight excluding hydrogens is 250 g/mol. The van der Waals surface area contributed by atoms with Crippen molar-refractivity contribution in [3.63, 3.8) is 0 Å². The van der Waals surface area contributed by atoms with E-state index in [0.717, 1.165) is 12.8 Å². The van der Waals surface area contributed by atoms with Gasteiger partial charge in [-0.15, -0.1) is 0 Å². The first-order chi connectivity index (χ1) is 9.81. The number of unbranched alkanes of at least 4 members (excludes halogenated alkanes) is 12. The summed E-state index contributed by atoms with van der Waals surface area (Å²) in [7, 11) is 1.70. The van der Waals surface area contributed by atoms with Crippen molar-refractivity contribution in [2.75, 3.05) is 13.7 Å². The second-order valence-corrected chi connectivity index (χ2v) is 5.74. The molecule has 0 aliphatic rings. The zero-order valence-electron chi connectivity index (χ0n) is 13.5. The molecule has 0 atom stereocenters. The number of nitrogens with one attached hydrogen (secondary N) is 1. The van der Waals surface area contributed by atoms with Crippen LogP contribution < -0.4 is 5.32 Å². The maximum atomic E-state index is 11.0. The molecule has 0 saturated carbocycles. The third-order valence-corrected chi connectivity index (χ3v) is 3.84. The summed E-state index contributed by atoms with van der Waals surface area (Å²) in [6.45, 7) is 0.350. The Kier molecular flexibility index (Phi) is 16.0. The number of carbonyl (C=O) groups excluding carboxylic acids is 1. The number of rotatable bonds is 15. The van der Waals surface area contributed by atoms with Crippen LogP contribution in [-0.2, 0) is 4.79 Å². The Bertz CT molecular complexity index is 207. The van der Waals surface area contributed by atoms with Crippen molar-refractivity contribution in [3.05, 3.63) is 0 Å². The summed E-state index contributed by atoms with van der Waals surface area (Å²) < 4.78 is 0. The minimum absolute atomic E-state index is 0.170. The molecule has 0 aromatic rings. The molecule has 0 rings (SSSR count). The van der Waals surface area contributed by atoms with Gasteiger partial charge in [-0.1, -0.05) is 70.6 Å². The van der Waals surface area contributed by atoms with Gasteiger partial charge in [0.25, 0.3) is 0 Å². The molecule has 1 amide bonds. The number of hydrogen-bond acceptors (Lipinski definition) is 2. The van der Waals surface area contributed by atoms with Crippen LogP contribution in [0.1, 0.15) is 89.9 Å². The van der Waals surface area contributed by atoms with E-state index in [2.05, 4.69) is 5.32 Å². The molecule has 120 valence electrons. The first-order valence-corrected chi connectivity index (χ1v) is 8.62. The summed E-state index contributed by atoms with van der Waals surface area (Å²) in [5.41, 5.74) is 0. The van der Waals surface area contributed by atoms with E-state index in [0.29, 0.717) is 13.0 Å². The van der Waals surface area contributed by atoms with Crippen molar-refractivity contribution in [1.29, 1.82) is 0 Å². The second kappa shape index (κ2) is 16.5. The Morgan fingerprint density at radius 1 is 0.700 bits per heavy atom. The van der Waals surface area contributed by atoms with Gasteiger partial charge in [0.15, 0.2) is 0 Å². The number of aliphatic hydroxyl groups excluding tert-OH is 1. The molecule has 0 aliphatic heterocycles. The molecule has 3 nitrogen and oxygen atoms in total. The SMILES string of the molecule is CNC(=O)CCCCCCCCCCCCCCCO. The summed E-state index contributed by atoms with van der Waals surface area (Å²) in [6, 6.07) is 0. The average Bonchev–Trinajstić information content (AvgIpc) is 2.47. The third-order valence-electron chi connectivity index (χ3n) is 3.84. The maximum Gasteiger partial charge on any atom is 0.219 e. The second-order valence-electron chi connectivity index (χ2n) is 5.74. The van der Waals surface area contributed by atoms with E-state index in [-0.39, 0.29) is 5.91 Å². The first-order valence-electron chi connectivity index (χ1n) is 8.62. The van der Waals surface area contributed by atoms with Gasteiger partial charge >= 0.3 is 0 Å². The van der Waals surface area contributed by atoms with Crippen LogP contribution >= 0.6 is 0 Å². The lowest BCUT2D eigenvalue weighted by Crippen LogP contribution is -2.16. The van der Waals surface area contributed by atoms with Crippen molar-refractivity contribution in [1.82, 2.24) is 5.32 Å². The van der Waals surface area contributed by atoms with Gasteiger partial charge in [-0.3, -0.25) is 4.79 Å². The molecule has 0 bridgehead atoms. The van der Waals surface area contributed by atoms with E-state index in [4.69, 9.17) is 5.11 Å². The highest BCUT2D eigenvalue weighted by Crippen LogP contribution is 2.12. The molecule has 0 aliphatic carbocycles. The fraction of sp³-hybridized carbons (Fsp3) is 0.941. The summed E-state index contributed by atoms with van der Waals surface area (Å²) in [6.07, 6.45) is 17.1. The fourth-order valence-corrected chi connectivity index (χ4v) is 2.47. The number of aliphatic hydroxyl groups is 1. The van der Waals surface area contributed by atoms with Gasteiger partial charge in [-0.25, -0.2) is 0 Å². The zero-order valence-corrected chi connectivity index (χ0v) is 13.5. The molecule has 0 fully saturated rings. The van der Waals surface area contributed by atoms with E-state index < -0.39 is 0 Å². The first kappa shape index (κ1) is 19.4. The fourth-order valence-electron chi connectivity index (χ4n) is 2.47. The predicted molar refractivity (Wildman–Crippen MR) is 85.8 cm³/mol. The van der Waals surface area contributed by atoms with Gasteiger partial charge < -0.3 is 10.4 Å². The van der Waals surface area contributed by atoms with Crippen molar-refractivity contribution in [2.24, 2.45) is 0 Å². The topological polar surface area (TPSA) is 49.3 Å². The Morgan fingerprint density at radius 3 is 1.40 bits per heavy atom. The van der Waals surface area contributed by atoms with Crippen LogP contribution in [0.15, 0.2) is 0 Å². The largest absolute Gasteiger partial charge is 0.396 e. The van der Waals surface area contributed by atoms with E-state index in [1.54, 1.807) is 7.05 Å². The Morgan fingerprint density at radius 2 is 1.05 bits per heavy atom. The lowest BCUT2D eigenvalue weighted by Gasteiger charge is -2.03. The number of carbonyl (C=O) groups is 1. The summed E-state index contributed by atoms with van der Waals surface area (Å²) in [5.74, 6) is 0.170. The summed E-state index contributed by atoms with van der Waals surface area (Å²) >= 11 is 0. The standard InChI is InChI=1S/C17H35NO2/c1-18-17(20)15-13-11-9-7-5-3-2-4-6-8-10-12-14-16-19/h19H,2-16H2,1H3,(H,18,20). The van der Waals surface area contributed by atoms with Crippen molar-refractivity contribution in [3.8, 4) is 0 Å². The minimum Gasteiger partial charge on any atom is -0.396 e. The van der Waals surface area contributed by atoms with Gasteiger partial charge in [-0.05, 0) is 12.8 Å². The van der Waals surface area contributed by atoms with Crippen LogP contribution in [0.5, 0.6) is 0 Å². The Labute approximate surface area is 125 Å². The van der Waals surface area contributed by atoms with Gasteiger partial charge in [-0.2, -0.15) is 0 Å². The van der Waals surface area contributed by atoms with Gasteiger partial charge in [0.1, 0.15) is 0 Å². The lowest BCUT2D eigenvalue weighted by atomic mass is 10.0. The molecule has 0 spiro atoms. The van der Waals surface area contributed by atoms with E-state index in [9.17, 15) is 4.79 Å². The van der Waals surface area contributed by atoms with Gasteiger partial charge in [0.05, 0.1) is 0 Å². The maximum absolute atomic E-state index is 11.0. The summed E-state index contributed by atoms with van der Waals surface area (Å²) in [5, 5.41) is 11.3. The van der Waals surface area contributed by atoms with E-state index >= 15 is 0 Å². The third kappa shape index (κ3) is 15.5. The molecule has 0 unspecified atom stereocenters. The van der Waals surface area contributed by atoms with Crippen LogP contribution in [0.25, 0.3) is 0 Å². The molecule has 0 radical (unpaired) electrons.